The summed E-state index contributed by atoms with van der Waals surface area (Å²) in [5.41, 5.74) is 0.405. The van der Waals surface area contributed by atoms with Crippen molar-refractivity contribution >= 4 is 17.8 Å². The van der Waals surface area contributed by atoms with E-state index in [9.17, 15) is 9.18 Å². The van der Waals surface area contributed by atoms with E-state index in [2.05, 4.69) is 19.9 Å². The van der Waals surface area contributed by atoms with Crippen LogP contribution in [-0.4, -0.2) is 56.5 Å². The molecule has 142 valence electrons. The third kappa shape index (κ3) is 3.90. The average molecular weight is 378 g/mol. The zero-order chi connectivity index (χ0) is 19.3. The molecule has 0 bridgehead atoms. The number of hydrogen-bond acceptors (Lipinski definition) is 5. The Morgan fingerprint density at radius 2 is 1.86 bits per heavy atom. The van der Waals surface area contributed by atoms with Crippen LogP contribution in [0.4, 0.5) is 10.2 Å². The molecular formula is C20H19FN6O. The van der Waals surface area contributed by atoms with E-state index in [-0.39, 0.29) is 11.7 Å². The molecular weight excluding hydrogens is 359 g/mol. The standard InChI is InChI=1S/C20H19FN6O/c21-17-4-2-1-3-16(17)5-6-20(28)26-11-9-25(10-12-26)18-13-19(24-14-23-18)27-8-7-22-15-27/h1-8,13-15H,9-12H2/b6-5+. The molecule has 8 heteroatoms. The number of carbonyl (C=O) groups is 1. The maximum absolute atomic E-state index is 13.7. The Labute approximate surface area is 161 Å². The van der Waals surface area contributed by atoms with Crippen molar-refractivity contribution in [3.05, 3.63) is 72.8 Å². The molecule has 2 aromatic heterocycles. The zero-order valence-corrected chi connectivity index (χ0v) is 15.1. The lowest BCUT2D eigenvalue weighted by molar-refractivity contribution is -0.126. The lowest BCUT2D eigenvalue weighted by atomic mass is 10.2. The Balaban J connectivity index is 1.38. The Morgan fingerprint density at radius 3 is 2.61 bits per heavy atom. The third-order valence-electron chi connectivity index (χ3n) is 4.63. The summed E-state index contributed by atoms with van der Waals surface area (Å²) in [6.07, 6.45) is 9.68. The van der Waals surface area contributed by atoms with E-state index < -0.39 is 0 Å². The summed E-state index contributed by atoms with van der Waals surface area (Å²) in [4.78, 5) is 28.9. The molecule has 0 N–H and O–H groups in total. The molecule has 4 rings (SSSR count). The number of amides is 1. The van der Waals surface area contributed by atoms with Gasteiger partial charge in [-0.25, -0.2) is 19.3 Å². The van der Waals surface area contributed by atoms with Crippen LogP contribution in [0.5, 0.6) is 0 Å². The fourth-order valence-corrected chi connectivity index (χ4v) is 3.08. The predicted molar refractivity (Wildman–Crippen MR) is 103 cm³/mol. The summed E-state index contributed by atoms with van der Waals surface area (Å²) >= 11 is 0. The molecule has 1 fully saturated rings. The summed E-state index contributed by atoms with van der Waals surface area (Å²) in [5.74, 6) is 1.10. The number of imidazole rings is 1. The van der Waals surface area contributed by atoms with Gasteiger partial charge in [-0.05, 0) is 12.1 Å². The number of hydrogen-bond donors (Lipinski definition) is 0. The highest BCUT2D eigenvalue weighted by molar-refractivity contribution is 5.92. The predicted octanol–water partition coefficient (Wildman–Crippen LogP) is 2.16. The van der Waals surface area contributed by atoms with Crippen LogP contribution in [-0.2, 0) is 4.79 Å². The van der Waals surface area contributed by atoms with E-state index in [4.69, 9.17) is 0 Å². The number of nitrogens with zero attached hydrogens (tertiary/aromatic N) is 6. The Kier molecular flexibility index (Phi) is 5.09. The van der Waals surface area contributed by atoms with E-state index >= 15 is 0 Å². The number of aromatic nitrogens is 4. The van der Waals surface area contributed by atoms with Crippen LogP contribution < -0.4 is 4.90 Å². The van der Waals surface area contributed by atoms with Gasteiger partial charge in [0.2, 0.25) is 5.91 Å². The lowest BCUT2D eigenvalue weighted by Crippen LogP contribution is -2.48. The maximum atomic E-state index is 13.7. The van der Waals surface area contributed by atoms with Gasteiger partial charge in [-0.1, -0.05) is 18.2 Å². The van der Waals surface area contributed by atoms with E-state index in [1.165, 1.54) is 24.5 Å². The van der Waals surface area contributed by atoms with E-state index in [0.29, 0.717) is 31.7 Å². The number of benzene rings is 1. The molecule has 0 unspecified atom stereocenters. The molecule has 28 heavy (non-hydrogen) atoms. The first-order valence-electron chi connectivity index (χ1n) is 8.97. The first kappa shape index (κ1) is 17.8. The SMILES string of the molecule is O=C(/C=C/c1ccccc1F)N1CCN(c2cc(-n3ccnc3)ncn2)CC1. The van der Waals surface area contributed by atoms with Gasteiger partial charge < -0.3 is 9.80 Å². The number of anilines is 1. The molecule has 3 heterocycles. The van der Waals surface area contributed by atoms with Crippen molar-refractivity contribution in [3.8, 4) is 5.82 Å². The minimum Gasteiger partial charge on any atom is -0.353 e. The lowest BCUT2D eigenvalue weighted by Gasteiger charge is -2.35. The topological polar surface area (TPSA) is 67.2 Å². The van der Waals surface area contributed by atoms with Gasteiger partial charge in [0.1, 0.15) is 30.1 Å². The van der Waals surface area contributed by atoms with Crippen LogP contribution in [0.2, 0.25) is 0 Å². The Hall–Kier alpha value is -3.55. The molecule has 1 saturated heterocycles. The molecule has 3 aromatic rings. The molecule has 1 aliphatic heterocycles. The molecule has 0 aliphatic carbocycles. The number of carbonyl (C=O) groups excluding carboxylic acids is 1. The molecule has 0 radical (unpaired) electrons. The average Bonchev–Trinajstić information content (AvgIpc) is 3.28. The summed E-state index contributed by atoms with van der Waals surface area (Å²) in [6, 6.07) is 8.29. The third-order valence-corrected chi connectivity index (χ3v) is 4.63. The Bertz CT molecular complexity index is 980. The largest absolute Gasteiger partial charge is 0.353 e. The smallest absolute Gasteiger partial charge is 0.246 e. The summed E-state index contributed by atoms with van der Waals surface area (Å²) < 4.78 is 15.5. The molecule has 0 spiro atoms. The molecule has 1 aromatic carbocycles. The molecule has 7 nitrogen and oxygen atoms in total. The van der Waals surface area contributed by atoms with Gasteiger partial charge in [-0.3, -0.25) is 9.36 Å². The zero-order valence-electron chi connectivity index (χ0n) is 15.1. The summed E-state index contributed by atoms with van der Waals surface area (Å²) in [7, 11) is 0. The fraction of sp³-hybridized carbons (Fsp3) is 0.200. The molecule has 0 saturated carbocycles. The van der Waals surface area contributed by atoms with Crippen molar-refractivity contribution in [3.63, 3.8) is 0 Å². The van der Waals surface area contributed by atoms with E-state index in [1.54, 1.807) is 35.6 Å². The van der Waals surface area contributed by atoms with Crippen molar-refractivity contribution in [1.29, 1.82) is 0 Å². The van der Waals surface area contributed by atoms with Crippen LogP contribution in [0.1, 0.15) is 5.56 Å². The van der Waals surface area contributed by atoms with Crippen molar-refractivity contribution in [2.75, 3.05) is 31.1 Å². The van der Waals surface area contributed by atoms with Crippen LogP contribution in [0.25, 0.3) is 11.9 Å². The molecule has 0 atom stereocenters. The van der Waals surface area contributed by atoms with Gasteiger partial charge in [0.15, 0.2) is 0 Å². The van der Waals surface area contributed by atoms with Gasteiger partial charge >= 0.3 is 0 Å². The highest BCUT2D eigenvalue weighted by Gasteiger charge is 2.21. The van der Waals surface area contributed by atoms with Gasteiger partial charge in [-0.2, -0.15) is 0 Å². The first-order valence-corrected chi connectivity index (χ1v) is 8.97. The minimum absolute atomic E-state index is 0.121. The number of rotatable bonds is 4. The fourth-order valence-electron chi connectivity index (χ4n) is 3.08. The second kappa shape index (κ2) is 7.99. The van der Waals surface area contributed by atoms with Crippen LogP contribution in [0.15, 0.2) is 61.5 Å². The molecule has 1 amide bonds. The highest BCUT2D eigenvalue weighted by Crippen LogP contribution is 2.16. The second-order valence-corrected chi connectivity index (χ2v) is 6.37. The van der Waals surface area contributed by atoms with Gasteiger partial charge in [-0.15, -0.1) is 0 Å². The van der Waals surface area contributed by atoms with Crippen LogP contribution in [0.3, 0.4) is 0 Å². The van der Waals surface area contributed by atoms with E-state index in [0.717, 1.165) is 11.6 Å². The van der Waals surface area contributed by atoms with Gasteiger partial charge in [0.25, 0.3) is 0 Å². The van der Waals surface area contributed by atoms with Crippen molar-refractivity contribution in [2.45, 2.75) is 0 Å². The minimum atomic E-state index is -0.339. The van der Waals surface area contributed by atoms with Crippen LogP contribution in [0, 0.1) is 5.82 Å². The van der Waals surface area contributed by atoms with Crippen LogP contribution >= 0.6 is 0 Å². The van der Waals surface area contributed by atoms with E-state index in [1.807, 2.05) is 16.8 Å². The van der Waals surface area contributed by atoms with Crippen molar-refractivity contribution in [2.24, 2.45) is 0 Å². The summed E-state index contributed by atoms with van der Waals surface area (Å²) in [5, 5.41) is 0. The van der Waals surface area contributed by atoms with Crippen molar-refractivity contribution < 1.29 is 9.18 Å². The maximum Gasteiger partial charge on any atom is 0.246 e. The van der Waals surface area contributed by atoms with Gasteiger partial charge in [0.05, 0.1) is 0 Å². The second-order valence-electron chi connectivity index (χ2n) is 6.37. The summed E-state index contributed by atoms with van der Waals surface area (Å²) in [6.45, 7) is 2.48. The first-order chi connectivity index (χ1) is 13.7. The van der Waals surface area contributed by atoms with Gasteiger partial charge in [0, 0.05) is 56.3 Å². The number of halogens is 1. The highest BCUT2D eigenvalue weighted by atomic mass is 19.1. The quantitative estimate of drug-likeness (QED) is 0.651. The number of piperazine rings is 1. The monoisotopic (exact) mass is 378 g/mol. The van der Waals surface area contributed by atoms with Crippen molar-refractivity contribution in [1.82, 2.24) is 24.4 Å². The molecule has 1 aliphatic rings. The normalized spacial score (nSPS) is 14.6. The Morgan fingerprint density at radius 1 is 1.07 bits per heavy atom.